The van der Waals surface area contributed by atoms with Crippen molar-refractivity contribution >= 4 is 11.4 Å². The summed E-state index contributed by atoms with van der Waals surface area (Å²) in [4.78, 5) is 2.42. The first-order valence-corrected chi connectivity index (χ1v) is 6.52. The zero-order chi connectivity index (χ0) is 11.7. The lowest BCUT2D eigenvalue weighted by atomic mass is 9.95. The van der Waals surface area contributed by atoms with Crippen molar-refractivity contribution in [3.05, 3.63) is 23.8 Å². The average Bonchev–Trinajstić information content (AvgIpc) is 2.39. The minimum Gasteiger partial charge on any atom is -0.385 e. The van der Waals surface area contributed by atoms with Gasteiger partial charge in [-0.15, -0.1) is 0 Å². The molecule has 0 aliphatic carbocycles. The Morgan fingerprint density at radius 2 is 2.12 bits per heavy atom. The minimum atomic E-state index is 0.738. The summed E-state index contributed by atoms with van der Waals surface area (Å²) in [5, 5.41) is 3.50. The largest absolute Gasteiger partial charge is 0.385 e. The maximum Gasteiger partial charge on any atom is 0.0642 e. The molecule has 0 aromatic heterocycles. The predicted octanol–water partition coefficient (Wildman–Crippen LogP) is 2.13. The van der Waals surface area contributed by atoms with Crippen LogP contribution in [0, 0.1) is 5.92 Å². The molecule has 0 radical (unpaired) electrons. The summed E-state index contributed by atoms with van der Waals surface area (Å²) >= 11 is 0. The summed E-state index contributed by atoms with van der Waals surface area (Å²) in [5.74, 6) is 0.738. The molecule has 1 N–H and O–H groups in total. The van der Waals surface area contributed by atoms with Crippen molar-refractivity contribution in [3.63, 3.8) is 0 Å². The molecule has 1 atom stereocenters. The average molecular weight is 232 g/mol. The Hall–Kier alpha value is -1.22. The fourth-order valence-electron chi connectivity index (χ4n) is 2.67. The molecule has 0 saturated carbocycles. The molecule has 1 fully saturated rings. The van der Waals surface area contributed by atoms with Crippen LogP contribution in [0.5, 0.6) is 0 Å². The first-order valence-electron chi connectivity index (χ1n) is 6.52. The molecule has 0 amide bonds. The van der Waals surface area contributed by atoms with Gasteiger partial charge in [0.1, 0.15) is 0 Å². The Bertz CT molecular complexity index is 399. The third-order valence-electron chi connectivity index (χ3n) is 3.67. The van der Waals surface area contributed by atoms with Gasteiger partial charge in [0.05, 0.1) is 13.2 Å². The molecule has 0 spiro atoms. The van der Waals surface area contributed by atoms with Crippen LogP contribution in [0.15, 0.2) is 18.2 Å². The number of rotatable bonds is 1. The van der Waals surface area contributed by atoms with Crippen molar-refractivity contribution in [2.75, 3.05) is 43.1 Å². The predicted molar refractivity (Wildman–Crippen MR) is 70.8 cm³/mol. The first-order chi connectivity index (χ1) is 8.33. The van der Waals surface area contributed by atoms with Crippen molar-refractivity contribution in [1.29, 1.82) is 0 Å². The summed E-state index contributed by atoms with van der Waals surface area (Å²) in [6.07, 6.45) is 1.19. The number of hydrogen-bond donors (Lipinski definition) is 1. The molecule has 3 nitrogen and oxygen atoms in total. The Kier molecular flexibility index (Phi) is 2.93. The highest BCUT2D eigenvalue weighted by Crippen LogP contribution is 2.29. The third-order valence-corrected chi connectivity index (χ3v) is 3.67. The number of morpholine rings is 1. The van der Waals surface area contributed by atoms with E-state index in [0.29, 0.717) is 0 Å². The van der Waals surface area contributed by atoms with Gasteiger partial charge in [-0.25, -0.2) is 0 Å². The molecule has 0 bridgehead atoms. The molecular weight excluding hydrogens is 212 g/mol. The topological polar surface area (TPSA) is 24.5 Å². The van der Waals surface area contributed by atoms with Gasteiger partial charge in [-0.1, -0.05) is 6.92 Å². The van der Waals surface area contributed by atoms with E-state index in [4.69, 9.17) is 4.74 Å². The Balaban J connectivity index is 1.84. The van der Waals surface area contributed by atoms with Crippen LogP contribution in [-0.4, -0.2) is 32.8 Å². The van der Waals surface area contributed by atoms with Crippen LogP contribution >= 0.6 is 0 Å². The van der Waals surface area contributed by atoms with Crippen molar-refractivity contribution in [3.8, 4) is 0 Å². The fourth-order valence-corrected chi connectivity index (χ4v) is 2.67. The maximum absolute atomic E-state index is 5.40. The number of fused-ring (bicyclic) bond motifs is 1. The van der Waals surface area contributed by atoms with Gasteiger partial charge in [0.2, 0.25) is 0 Å². The fraction of sp³-hybridized carbons (Fsp3) is 0.571. The summed E-state index contributed by atoms with van der Waals surface area (Å²) in [6.45, 7) is 7.14. The number of benzene rings is 1. The SMILES string of the molecule is CC1CNc2ccc(N3CCOCC3)cc2C1. The van der Waals surface area contributed by atoms with Gasteiger partial charge in [0.15, 0.2) is 0 Å². The second-order valence-corrected chi connectivity index (χ2v) is 5.13. The molecule has 1 saturated heterocycles. The quantitative estimate of drug-likeness (QED) is 0.802. The van der Waals surface area contributed by atoms with E-state index in [0.717, 1.165) is 38.8 Å². The van der Waals surface area contributed by atoms with Gasteiger partial charge in [0.25, 0.3) is 0 Å². The van der Waals surface area contributed by atoms with Crippen LogP contribution in [0.2, 0.25) is 0 Å². The van der Waals surface area contributed by atoms with E-state index in [1.54, 1.807) is 0 Å². The molecule has 17 heavy (non-hydrogen) atoms. The van der Waals surface area contributed by atoms with Gasteiger partial charge in [-0.05, 0) is 36.1 Å². The molecule has 3 heteroatoms. The molecule has 1 unspecified atom stereocenters. The van der Waals surface area contributed by atoms with Crippen LogP contribution in [-0.2, 0) is 11.2 Å². The van der Waals surface area contributed by atoms with Crippen LogP contribution in [0.4, 0.5) is 11.4 Å². The zero-order valence-electron chi connectivity index (χ0n) is 10.4. The van der Waals surface area contributed by atoms with Crippen molar-refractivity contribution < 1.29 is 4.74 Å². The van der Waals surface area contributed by atoms with Crippen LogP contribution < -0.4 is 10.2 Å². The third kappa shape index (κ3) is 2.25. The van der Waals surface area contributed by atoms with E-state index in [1.165, 1.54) is 23.4 Å². The van der Waals surface area contributed by atoms with Gasteiger partial charge in [-0.3, -0.25) is 0 Å². The normalized spacial score (nSPS) is 24.1. The number of ether oxygens (including phenoxy) is 1. The van der Waals surface area contributed by atoms with E-state index in [9.17, 15) is 0 Å². The number of nitrogens with one attached hydrogen (secondary N) is 1. The number of anilines is 2. The van der Waals surface area contributed by atoms with Gasteiger partial charge in [0, 0.05) is 31.0 Å². The highest BCUT2D eigenvalue weighted by atomic mass is 16.5. The van der Waals surface area contributed by atoms with Crippen LogP contribution in [0.3, 0.4) is 0 Å². The molecule has 1 aromatic rings. The van der Waals surface area contributed by atoms with E-state index in [1.807, 2.05) is 0 Å². The van der Waals surface area contributed by atoms with E-state index >= 15 is 0 Å². The van der Waals surface area contributed by atoms with Crippen molar-refractivity contribution in [2.24, 2.45) is 5.92 Å². The second-order valence-electron chi connectivity index (χ2n) is 5.13. The van der Waals surface area contributed by atoms with Gasteiger partial charge in [-0.2, -0.15) is 0 Å². The Morgan fingerprint density at radius 3 is 2.94 bits per heavy atom. The van der Waals surface area contributed by atoms with E-state index in [2.05, 4.69) is 35.3 Å². The molecule has 3 rings (SSSR count). The van der Waals surface area contributed by atoms with Crippen LogP contribution in [0.1, 0.15) is 12.5 Å². The van der Waals surface area contributed by atoms with E-state index in [-0.39, 0.29) is 0 Å². The number of hydrogen-bond acceptors (Lipinski definition) is 3. The monoisotopic (exact) mass is 232 g/mol. The summed E-state index contributed by atoms with van der Waals surface area (Å²) < 4.78 is 5.40. The summed E-state index contributed by atoms with van der Waals surface area (Å²) in [6, 6.07) is 6.81. The minimum absolute atomic E-state index is 0.738. The Morgan fingerprint density at radius 1 is 1.29 bits per heavy atom. The molecular formula is C14H20N2O. The number of nitrogens with zero attached hydrogens (tertiary/aromatic N) is 1. The van der Waals surface area contributed by atoms with Gasteiger partial charge >= 0.3 is 0 Å². The zero-order valence-corrected chi connectivity index (χ0v) is 10.4. The highest BCUT2D eigenvalue weighted by Gasteiger charge is 2.17. The molecule has 2 aliphatic heterocycles. The van der Waals surface area contributed by atoms with Crippen LogP contribution in [0.25, 0.3) is 0 Å². The van der Waals surface area contributed by atoms with Crippen molar-refractivity contribution in [1.82, 2.24) is 0 Å². The standard InChI is InChI=1S/C14H20N2O/c1-11-8-12-9-13(2-3-14(12)15-10-11)16-4-6-17-7-5-16/h2-3,9,11,15H,4-8,10H2,1H3. The Labute approximate surface area is 103 Å². The van der Waals surface area contributed by atoms with E-state index < -0.39 is 0 Å². The van der Waals surface area contributed by atoms with Gasteiger partial charge < -0.3 is 15.0 Å². The second kappa shape index (κ2) is 4.57. The molecule has 2 heterocycles. The lowest BCUT2D eigenvalue weighted by Gasteiger charge is -2.31. The molecule has 92 valence electrons. The molecule has 1 aromatic carbocycles. The molecule has 2 aliphatic rings. The summed E-state index contributed by atoms with van der Waals surface area (Å²) in [7, 11) is 0. The summed E-state index contributed by atoms with van der Waals surface area (Å²) in [5.41, 5.74) is 4.14. The van der Waals surface area contributed by atoms with Crippen molar-refractivity contribution in [2.45, 2.75) is 13.3 Å². The lowest BCUT2D eigenvalue weighted by molar-refractivity contribution is 0.122. The first kappa shape index (κ1) is 10.9. The highest BCUT2D eigenvalue weighted by molar-refractivity contribution is 5.62. The maximum atomic E-state index is 5.40. The smallest absolute Gasteiger partial charge is 0.0642 e. The lowest BCUT2D eigenvalue weighted by Crippen LogP contribution is -2.36.